The van der Waals surface area contributed by atoms with Gasteiger partial charge >= 0.3 is 0 Å². The average molecular weight is 462 g/mol. The molecule has 0 N–H and O–H groups in total. The van der Waals surface area contributed by atoms with Gasteiger partial charge in [0.05, 0.1) is 21.9 Å². The molecule has 0 bridgehead atoms. The predicted molar refractivity (Wildman–Crippen MR) is 116 cm³/mol. The molecule has 1 aromatic heterocycles. The number of rotatable bonds is 4. The van der Waals surface area contributed by atoms with Crippen LogP contribution in [-0.4, -0.2) is 53.8 Å². The molecule has 3 heterocycles. The Bertz CT molecular complexity index is 885. The lowest BCUT2D eigenvalue weighted by Crippen LogP contribution is -2.52. The summed E-state index contributed by atoms with van der Waals surface area (Å²) in [5, 5.41) is 0. The van der Waals surface area contributed by atoms with E-state index in [0.29, 0.717) is 0 Å². The van der Waals surface area contributed by atoms with Crippen molar-refractivity contribution in [2.75, 3.05) is 31.1 Å². The van der Waals surface area contributed by atoms with Crippen LogP contribution in [0.15, 0.2) is 34.1 Å². The summed E-state index contributed by atoms with van der Waals surface area (Å²) in [6, 6.07) is 9.78. The van der Waals surface area contributed by atoms with Crippen LogP contribution in [0.25, 0.3) is 0 Å². The summed E-state index contributed by atoms with van der Waals surface area (Å²) in [5.74, 6) is -0.156. The predicted octanol–water partition coefficient (Wildman–Crippen LogP) is 3.58. The smallest absolute Gasteiger partial charge is 0.251 e. The van der Waals surface area contributed by atoms with E-state index in [1.54, 1.807) is 11.3 Å². The fourth-order valence-corrected chi connectivity index (χ4v) is 5.71. The maximum Gasteiger partial charge on any atom is 0.251 e. The Morgan fingerprint density at radius 1 is 1.04 bits per heavy atom. The molecular formula is C21H24BrN3O2S. The van der Waals surface area contributed by atoms with Crippen LogP contribution in [0.1, 0.15) is 22.4 Å². The quantitative estimate of drug-likeness (QED) is 0.652. The number of benzene rings is 1. The first-order chi connectivity index (χ1) is 13.4. The molecule has 2 saturated heterocycles. The first-order valence-corrected chi connectivity index (χ1v) is 11.2. The maximum absolute atomic E-state index is 13.1. The fourth-order valence-electron chi connectivity index (χ4n) is 4.18. The summed E-state index contributed by atoms with van der Waals surface area (Å²) in [6.45, 7) is 8.31. The molecule has 0 aliphatic carbocycles. The number of amides is 2. The molecule has 0 saturated carbocycles. The number of nitrogens with zero attached hydrogens (tertiary/aromatic N) is 3. The maximum atomic E-state index is 13.1. The van der Waals surface area contributed by atoms with E-state index in [9.17, 15) is 9.59 Å². The van der Waals surface area contributed by atoms with Crippen LogP contribution in [0.3, 0.4) is 0 Å². The molecule has 1 atom stereocenters. The number of aryl methyl sites for hydroxylation is 2. The molecule has 5 nitrogen and oxygen atoms in total. The summed E-state index contributed by atoms with van der Waals surface area (Å²) < 4.78 is 1.16. The molecule has 7 heteroatoms. The van der Waals surface area contributed by atoms with Crippen molar-refractivity contribution in [2.45, 2.75) is 32.9 Å². The summed E-state index contributed by atoms with van der Waals surface area (Å²) in [4.78, 5) is 33.2. The Hall–Kier alpha value is -1.54. The van der Waals surface area contributed by atoms with Gasteiger partial charge in [0.2, 0.25) is 5.91 Å². The zero-order valence-corrected chi connectivity index (χ0v) is 18.6. The fraction of sp³-hybridized carbons (Fsp3) is 0.429. The molecule has 0 radical (unpaired) electrons. The van der Waals surface area contributed by atoms with Gasteiger partial charge in [0.15, 0.2) is 0 Å². The van der Waals surface area contributed by atoms with Gasteiger partial charge in [-0.1, -0.05) is 18.2 Å². The second-order valence-electron chi connectivity index (χ2n) is 7.55. The lowest BCUT2D eigenvalue weighted by Gasteiger charge is -2.36. The number of piperazine rings is 1. The summed E-state index contributed by atoms with van der Waals surface area (Å²) in [5.41, 5.74) is 2.70. The molecule has 28 heavy (non-hydrogen) atoms. The first-order valence-electron chi connectivity index (χ1n) is 9.57. The van der Waals surface area contributed by atoms with Gasteiger partial charge < -0.3 is 0 Å². The molecule has 1 aromatic carbocycles. The highest BCUT2D eigenvalue weighted by Crippen LogP contribution is 2.31. The molecule has 2 amide bonds. The van der Waals surface area contributed by atoms with Crippen LogP contribution >= 0.6 is 27.3 Å². The van der Waals surface area contributed by atoms with Crippen molar-refractivity contribution in [3.63, 3.8) is 0 Å². The number of carbonyl (C=O) groups excluding carboxylic acids is 2. The van der Waals surface area contributed by atoms with Crippen molar-refractivity contribution in [2.24, 2.45) is 0 Å². The first kappa shape index (κ1) is 19.8. The molecule has 2 aliphatic heterocycles. The Kier molecular flexibility index (Phi) is 5.69. The van der Waals surface area contributed by atoms with Gasteiger partial charge in [-0.25, -0.2) is 4.90 Å². The standard InChI is InChI=1S/C21H24BrN3O2S/c1-14-4-3-5-15(2)20(14)25-19(26)12-17(21(25)27)24-10-8-23(9-11-24)13-16-6-7-18(22)28-16/h3-7,17H,8-13H2,1-2H3/t17-/m0/s1. The van der Waals surface area contributed by atoms with Crippen LogP contribution in [0.5, 0.6) is 0 Å². The third-order valence-electron chi connectivity index (χ3n) is 5.64. The second kappa shape index (κ2) is 8.06. The number of carbonyl (C=O) groups is 2. The minimum Gasteiger partial charge on any atom is -0.296 e. The summed E-state index contributed by atoms with van der Waals surface area (Å²) in [6.07, 6.45) is 0.282. The van der Waals surface area contributed by atoms with Crippen LogP contribution in [0.4, 0.5) is 5.69 Å². The van der Waals surface area contributed by atoms with Crippen LogP contribution < -0.4 is 4.90 Å². The van der Waals surface area contributed by atoms with Gasteiger partial charge in [-0.15, -0.1) is 11.3 Å². The Morgan fingerprint density at radius 2 is 1.71 bits per heavy atom. The second-order valence-corrected chi connectivity index (χ2v) is 10.1. The molecule has 148 valence electrons. The topological polar surface area (TPSA) is 43.9 Å². The van der Waals surface area contributed by atoms with E-state index in [2.05, 4.69) is 37.9 Å². The van der Waals surface area contributed by atoms with Crippen molar-refractivity contribution in [1.29, 1.82) is 0 Å². The summed E-state index contributed by atoms with van der Waals surface area (Å²) >= 11 is 5.28. The van der Waals surface area contributed by atoms with Crippen LogP contribution in [0.2, 0.25) is 0 Å². The lowest BCUT2D eigenvalue weighted by atomic mass is 10.1. The number of halogens is 1. The van der Waals surface area contributed by atoms with E-state index in [1.165, 1.54) is 9.78 Å². The number of thiophene rings is 1. The molecular weight excluding hydrogens is 438 g/mol. The molecule has 2 fully saturated rings. The van der Waals surface area contributed by atoms with E-state index < -0.39 is 0 Å². The molecule has 2 aromatic rings. The SMILES string of the molecule is Cc1cccc(C)c1N1C(=O)C[C@H](N2CCN(Cc3ccc(Br)s3)CC2)C1=O. The average Bonchev–Trinajstić information content (AvgIpc) is 3.19. The highest BCUT2D eigenvalue weighted by Gasteiger charge is 2.44. The van der Waals surface area contributed by atoms with Crippen molar-refractivity contribution in [3.8, 4) is 0 Å². The van der Waals surface area contributed by atoms with Gasteiger partial charge in [0.1, 0.15) is 0 Å². The number of para-hydroxylation sites is 1. The van der Waals surface area contributed by atoms with Gasteiger partial charge in [-0.3, -0.25) is 19.4 Å². The Labute approximate surface area is 178 Å². The number of hydrogen-bond donors (Lipinski definition) is 0. The largest absolute Gasteiger partial charge is 0.296 e. The molecule has 0 spiro atoms. The molecule has 0 unspecified atom stereocenters. The summed E-state index contributed by atoms with van der Waals surface area (Å²) in [7, 11) is 0. The third-order valence-corrected chi connectivity index (χ3v) is 7.25. The van der Waals surface area contributed by atoms with Crippen molar-refractivity contribution >= 4 is 44.8 Å². The van der Waals surface area contributed by atoms with E-state index in [1.807, 2.05) is 32.0 Å². The monoisotopic (exact) mass is 461 g/mol. The van der Waals surface area contributed by atoms with Crippen LogP contribution in [0, 0.1) is 13.8 Å². The number of hydrogen-bond acceptors (Lipinski definition) is 5. The Balaban J connectivity index is 1.42. The highest BCUT2D eigenvalue weighted by molar-refractivity contribution is 9.11. The van der Waals surface area contributed by atoms with Crippen molar-refractivity contribution < 1.29 is 9.59 Å². The minimum absolute atomic E-state index is 0.0713. The van der Waals surface area contributed by atoms with E-state index >= 15 is 0 Å². The van der Waals surface area contributed by atoms with E-state index in [4.69, 9.17) is 0 Å². The van der Waals surface area contributed by atoms with Gasteiger partial charge in [-0.05, 0) is 53.0 Å². The zero-order chi connectivity index (χ0) is 19.8. The molecule has 2 aliphatic rings. The minimum atomic E-state index is -0.329. The van der Waals surface area contributed by atoms with Crippen LogP contribution in [-0.2, 0) is 16.1 Å². The van der Waals surface area contributed by atoms with Gasteiger partial charge in [0, 0.05) is 37.6 Å². The van der Waals surface area contributed by atoms with Crippen molar-refractivity contribution in [1.82, 2.24) is 9.80 Å². The number of imide groups is 1. The molecule has 4 rings (SSSR count). The third kappa shape index (κ3) is 3.81. The Morgan fingerprint density at radius 3 is 2.32 bits per heavy atom. The normalized spacial score (nSPS) is 21.7. The lowest BCUT2D eigenvalue weighted by molar-refractivity contribution is -0.123. The van der Waals surface area contributed by atoms with Gasteiger partial charge in [-0.2, -0.15) is 0 Å². The van der Waals surface area contributed by atoms with Crippen molar-refractivity contribution in [3.05, 3.63) is 50.1 Å². The van der Waals surface area contributed by atoms with Gasteiger partial charge in [0.25, 0.3) is 5.91 Å². The zero-order valence-electron chi connectivity index (χ0n) is 16.2. The van der Waals surface area contributed by atoms with E-state index in [0.717, 1.165) is 53.3 Å². The number of anilines is 1. The van der Waals surface area contributed by atoms with E-state index in [-0.39, 0.29) is 24.3 Å². The highest BCUT2D eigenvalue weighted by atomic mass is 79.9.